The van der Waals surface area contributed by atoms with Gasteiger partial charge in [0.1, 0.15) is 12.2 Å². The second kappa shape index (κ2) is 6.39. The van der Waals surface area contributed by atoms with E-state index in [0.717, 1.165) is 30.7 Å². The summed E-state index contributed by atoms with van der Waals surface area (Å²) in [5.74, 6) is 0.724. The number of nitrogens with one attached hydrogen (secondary N) is 1. The summed E-state index contributed by atoms with van der Waals surface area (Å²) in [6.45, 7) is 0.715. The van der Waals surface area contributed by atoms with Crippen molar-refractivity contribution in [1.82, 2.24) is 20.1 Å². The van der Waals surface area contributed by atoms with Crippen molar-refractivity contribution >= 4 is 5.91 Å². The number of nitriles is 1. The van der Waals surface area contributed by atoms with Crippen molar-refractivity contribution in [2.75, 3.05) is 6.54 Å². The summed E-state index contributed by atoms with van der Waals surface area (Å²) in [5, 5.41) is 15.6. The first-order valence-electron chi connectivity index (χ1n) is 7.41. The van der Waals surface area contributed by atoms with Gasteiger partial charge in [-0.2, -0.15) is 10.4 Å². The van der Waals surface area contributed by atoms with Gasteiger partial charge in [-0.3, -0.25) is 9.89 Å². The van der Waals surface area contributed by atoms with Crippen molar-refractivity contribution in [2.24, 2.45) is 0 Å². The maximum atomic E-state index is 12.8. The molecular weight excluding hydrogens is 278 g/mol. The number of hydrogen-bond acceptors (Lipinski definition) is 4. The first kappa shape index (κ1) is 14.3. The molecule has 0 spiro atoms. The van der Waals surface area contributed by atoms with Crippen molar-refractivity contribution in [1.29, 1.82) is 5.26 Å². The zero-order valence-electron chi connectivity index (χ0n) is 12.2. The molecule has 0 unspecified atom stereocenters. The molecule has 1 fully saturated rings. The smallest absolute Gasteiger partial charge is 0.254 e. The summed E-state index contributed by atoms with van der Waals surface area (Å²) < 4.78 is 0. The van der Waals surface area contributed by atoms with Crippen LogP contribution >= 0.6 is 0 Å². The van der Waals surface area contributed by atoms with Crippen LogP contribution in [-0.4, -0.2) is 32.5 Å². The fourth-order valence-electron chi connectivity index (χ4n) is 2.91. The minimum Gasteiger partial charge on any atom is -0.328 e. The summed E-state index contributed by atoms with van der Waals surface area (Å²) in [6, 6.07) is 9.36. The first-order valence-corrected chi connectivity index (χ1v) is 7.41. The van der Waals surface area contributed by atoms with E-state index in [2.05, 4.69) is 21.3 Å². The number of likely N-dealkylation sites (tertiary alicyclic amines) is 1. The molecule has 2 aromatic rings. The molecule has 1 atom stereocenters. The quantitative estimate of drug-likeness (QED) is 0.941. The van der Waals surface area contributed by atoms with E-state index in [-0.39, 0.29) is 11.9 Å². The Labute approximate surface area is 128 Å². The molecule has 1 aromatic carbocycles. The molecule has 1 N–H and O–H groups in total. The third kappa shape index (κ3) is 2.84. The van der Waals surface area contributed by atoms with Gasteiger partial charge in [0, 0.05) is 12.1 Å². The van der Waals surface area contributed by atoms with Crippen LogP contribution in [0.3, 0.4) is 0 Å². The monoisotopic (exact) mass is 295 g/mol. The van der Waals surface area contributed by atoms with Gasteiger partial charge in [-0.1, -0.05) is 12.1 Å². The zero-order valence-corrected chi connectivity index (χ0v) is 12.2. The van der Waals surface area contributed by atoms with Gasteiger partial charge in [0.2, 0.25) is 0 Å². The van der Waals surface area contributed by atoms with Crippen LogP contribution in [0.5, 0.6) is 0 Å². The minimum absolute atomic E-state index is 0.0131. The van der Waals surface area contributed by atoms with Crippen molar-refractivity contribution in [3.8, 4) is 6.07 Å². The molecule has 1 saturated heterocycles. The largest absolute Gasteiger partial charge is 0.328 e. The first-order chi connectivity index (χ1) is 10.8. The zero-order chi connectivity index (χ0) is 15.4. The van der Waals surface area contributed by atoms with Gasteiger partial charge in [-0.05, 0) is 37.0 Å². The van der Waals surface area contributed by atoms with Crippen molar-refractivity contribution in [3.63, 3.8) is 0 Å². The van der Waals surface area contributed by atoms with E-state index < -0.39 is 0 Å². The Kier molecular flexibility index (Phi) is 4.15. The molecular formula is C16H17N5O. The van der Waals surface area contributed by atoms with E-state index in [1.165, 1.54) is 6.33 Å². The van der Waals surface area contributed by atoms with E-state index >= 15 is 0 Å². The van der Waals surface area contributed by atoms with E-state index in [0.29, 0.717) is 18.5 Å². The number of nitrogens with zero attached hydrogens (tertiary/aromatic N) is 4. The number of rotatable bonds is 3. The Morgan fingerprint density at radius 2 is 2.36 bits per heavy atom. The predicted molar refractivity (Wildman–Crippen MR) is 79.8 cm³/mol. The van der Waals surface area contributed by atoms with Crippen LogP contribution in [0.2, 0.25) is 0 Å². The van der Waals surface area contributed by atoms with Gasteiger partial charge in [-0.15, -0.1) is 0 Å². The van der Waals surface area contributed by atoms with Crippen LogP contribution in [0, 0.1) is 11.3 Å². The third-order valence-corrected chi connectivity index (χ3v) is 3.97. The lowest BCUT2D eigenvalue weighted by Gasteiger charge is -2.34. The molecule has 0 radical (unpaired) electrons. The molecule has 0 aliphatic carbocycles. The standard InChI is InChI=1S/C16H17N5O/c17-8-7-12-4-3-5-13(10-12)16(22)21-9-2-1-6-14(21)15-18-11-19-20-15/h3-5,10-11,14H,1-2,6-7,9H2,(H,18,19,20)/t14-/m0/s1. The van der Waals surface area contributed by atoms with Crippen molar-refractivity contribution in [2.45, 2.75) is 31.7 Å². The Bertz CT molecular complexity index is 689. The van der Waals surface area contributed by atoms with Gasteiger partial charge in [0.25, 0.3) is 5.91 Å². The van der Waals surface area contributed by atoms with Crippen molar-refractivity contribution in [3.05, 3.63) is 47.5 Å². The highest BCUT2D eigenvalue weighted by molar-refractivity contribution is 5.94. The van der Waals surface area contributed by atoms with Crippen LogP contribution in [0.25, 0.3) is 0 Å². The highest BCUT2D eigenvalue weighted by atomic mass is 16.2. The Morgan fingerprint density at radius 1 is 1.45 bits per heavy atom. The lowest BCUT2D eigenvalue weighted by atomic mass is 9.99. The number of carbonyl (C=O) groups is 1. The molecule has 1 aromatic heterocycles. The molecule has 6 nitrogen and oxygen atoms in total. The summed E-state index contributed by atoms with van der Waals surface area (Å²) in [6.07, 6.45) is 4.74. The van der Waals surface area contributed by atoms with E-state index in [9.17, 15) is 4.79 Å². The lowest BCUT2D eigenvalue weighted by molar-refractivity contribution is 0.0600. The van der Waals surface area contributed by atoms with E-state index in [4.69, 9.17) is 5.26 Å². The van der Waals surface area contributed by atoms with Gasteiger partial charge in [-0.25, -0.2) is 4.98 Å². The molecule has 2 heterocycles. The Hall–Kier alpha value is -2.68. The maximum Gasteiger partial charge on any atom is 0.254 e. The number of amides is 1. The van der Waals surface area contributed by atoms with Crippen LogP contribution in [0.1, 0.15) is 47.1 Å². The van der Waals surface area contributed by atoms with Gasteiger partial charge in [0.15, 0.2) is 0 Å². The van der Waals surface area contributed by atoms with Crippen LogP contribution in [-0.2, 0) is 6.42 Å². The summed E-state index contributed by atoms with van der Waals surface area (Å²) >= 11 is 0. The topological polar surface area (TPSA) is 85.7 Å². The molecule has 112 valence electrons. The molecule has 1 amide bonds. The van der Waals surface area contributed by atoms with E-state index in [1.807, 2.05) is 17.0 Å². The normalized spacial score (nSPS) is 18.0. The van der Waals surface area contributed by atoms with Crippen LogP contribution in [0.4, 0.5) is 0 Å². The SMILES string of the molecule is N#CCc1cccc(C(=O)N2CCCC[C@H]2c2ncn[nH]2)c1. The molecule has 1 aliphatic heterocycles. The summed E-state index contributed by atoms with van der Waals surface area (Å²) in [5.41, 5.74) is 1.49. The van der Waals surface area contributed by atoms with Crippen LogP contribution in [0.15, 0.2) is 30.6 Å². The number of hydrogen-bond donors (Lipinski definition) is 1. The fourth-order valence-corrected chi connectivity index (χ4v) is 2.91. The third-order valence-electron chi connectivity index (χ3n) is 3.97. The van der Waals surface area contributed by atoms with Crippen LogP contribution < -0.4 is 0 Å². The Balaban J connectivity index is 1.86. The minimum atomic E-state index is -0.0524. The molecule has 0 saturated carbocycles. The molecule has 3 rings (SSSR count). The average molecular weight is 295 g/mol. The van der Waals surface area contributed by atoms with Gasteiger partial charge < -0.3 is 4.90 Å². The number of piperidine rings is 1. The number of benzene rings is 1. The Morgan fingerprint density at radius 3 is 3.14 bits per heavy atom. The number of aromatic amines is 1. The highest BCUT2D eigenvalue weighted by Gasteiger charge is 2.30. The average Bonchev–Trinajstić information content (AvgIpc) is 3.09. The number of carbonyl (C=O) groups excluding carboxylic acids is 1. The number of aromatic nitrogens is 3. The second-order valence-electron chi connectivity index (χ2n) is 5.42. The summed E-state index contributed by atoms with van der Waals surface area (Å²) in [7, 11) is 0. The molecule has 22 heavy (non-hydrogen) atoms. The van der Waals surface area contributed by atoms with Gasteiger partial charge >= 0.3 is 0 Å². The molecule has 0 bridgehead atoms. The highest BCUT2D eigenvalue weighted by Crippen LogP contribution is 2.30. The van der Waals surface area contributed by atoms with Crippen molar-refractivity contribution < 1.29 is 4.79 Å². The molecule has 6 heteroatoms. The predicted octanol–water partition coefficient (Wildman–Crippen LogP) is 2.24. The lowest BCUT2D eigenvalue weighted by Crippen LogP contribution is -2.39. The fraction of sp³-hybridized carbons (Fsp3) is 0.375. The van der Waals surface area contributed by atoms with Gasteiger partial charge in [0.05, 0.1) is 18.5 Å². The van der Waals surface area contributed by atoms with E-state index in [1.54, 1.807) is 12.1 Å². The number of H-pyrrole nitrogens is 1. The maximum absolute atomic E-state index is 12.8. The molecule has 1 aliphatic rings. The second-order valence-corrected chi connectivity index (χ2v) is 5.42. The summed E-state index contributed by atoms with van der Waals surface area (Å²) in [4.78, 5) is 18.9.